The first kappa shape index (κ1) is 20.1. The number of rotatable bonds is 3. The largest absolute Gasteiger partial charge is 0.335 e. The lowest BCUT2D eigenvalue weighted by molar-refractivity contribution is 0.0709. The summed E-state index contributed by atoms with van der Waals surface area (Å²) in [6, 6.07) is 10.7. The van der Waals surface area contributed by atoms with Crippen LogP contribution in [0.25, 0.3) is 16.9 Å². The van der Waals surface area contributed by atoms with Gasteiger partial charge in [0.05, 0.1) is 11.9 Å². The van der Waals surface area contributed by atoms with Gasteiger partial charge in [0.2, 0.25) is 0 Å². The number of nitrogens with zero attached hydrogens (tertiary/aromatic N) is 4. The molecule has 1 aliphatic heterocycles. The number of carbonyl (C=O) groups excluding carboxylic acids is 1. The Balaban J connectivity index is 1.59. The Morgan fingerprint density at radius 3 is 2.61 bits per heavy atom. The lowest BCUT2D eigenvalue weighted by Crippen LogP contribution is -2.37. The first-order chi connectivity index (χ1) is 14.7. The van der Waals surface area contributed by atoms with Crippen molar-refractivity contribution in [3.63, 3.8) is 0 Å². The molecule has 7 heteroatoms. The maximum Gasteiger partial charge on any atom is 0.280 e. The molecule has 2 aromatic heterocycles. The van der Waals surface area contributed by atoms with Crippen LogP contribution < -0.4 is 0 Å². The molecular formula is C24H26F2N4O. The zero-order chi connectivity index (χ0) is 22.0. The molecule has 0 spiro atoms. The second-order valence-electron chi connectivity index (χ2n) is 10.2. The summed E-state index contributed by atoms with van der Waals surface area (Å²) in [7, 11) is 0. The molecule has 1 aliphatic carbocycles. The van der Waals surface area contributed by atoms with E-state index < -0.39 is 6.43 Å². The van der Waals surface area contributed by atoms with Crippen LogP contribution in [0.15, 0.2) is 42.6 Å². The third kappa shape index (κ3) is 3.40. The van der Waals surface area contributed by atoms with E-state index in [0.717, 1.165) is 29.3 Å². The fraction of sp³-hybridized carbons (Fsp3) is 0.458. The number of halogens is 2. The van der Waals surface area contributed by atoms with E-state index in [0.29, 0.717) is 12.2 Å². The molecule has 2 aliphatic rings. The Morgan fingerprint density at radius 1 is 1.16 bits per heavy atom. The smallest absolute Gasteiger partial charge is 0.280 e. The van der Waals surface area contributed by atoms with Crippen molar-refractivity contribution in [2.45, 2.75) is 52.5 Å². The second kappa shape index (κ2) is 6.84. The minimum Gasteiger partial charge on any atom is -0.335 e. The standard InChI is InChI=1S/C24H26F2N4O/c1-23(2)10-16-11-24(3,13-23)14-29(16)22(31)17-12-27-30-19(20(25)26)9-18(28-21(17)30)15-7-5-4-6-8-15/h4-9,12,16,20H,10-11,13-14H2,1-3H3. The number of amides is 1. The molecule has 1 aromatic carbocycles. The van der Waals surface area contributed by atoms with Gasteiger partial charge in [0.1, 0.15) is 11.3 Å². The summed E-state index contributed by atoms with van der Waals surface area (Å²) >= 11 is 0. The van der Waals surface area contributed by atoms with E-state index in [2.05, 4.69) is 30.9 Å². The molecule has 31 heavy (non-hydrogen) atoms. The average molecular weight is 424 g/mol. The van der Waals surface area contributed by atoms with Crippen LogP contribution in [0.2, 0.25) is 0 Å². The van der Waals surface area contributed by atoms with Gasteiger partial charge in [-0.2, -0.15) is 5.10 Å². The van der Waals surface area contributed by atoms with Crippen LogP contribution in [-0.4, -0.2) is 38.0 Å². The highest BCUT2D eigenvalue weighted by Gasteiger charge is 2.51. The van der Waals surface area contributed by atoms with Crippen LogP contribution in [0.4, 0.5) is 8.78 Å². The lowest BCUT2D eigenvalue weighted by Gasteiger charge is -2.39. The predicted molar refractivity (Wildman–Crippen MR) is 114 cm³/mol. The molecule has 1 amide bonds. The topological polar surface area (TPSA) is 50.5 Å². The minimum absolute atomic E-state index is 0.0851. The van der Waals surface area contributed by atoms with Crippen molar-refractivity contribution in [3.05, 3.63) is 53.9 Å². The minimum atomic E-state index is -2.73. The van der Waals surface area contributed by atoms with E-state index in [1.165, 1.54) is 12.3 Å². The van der Waals surface area contributed by atoms with Gasteiger partial charge in [-0.15, -0.1) is 0 Å². The van der Waals surface area contributed by atoms with Crippen LogP contribution >= 0.6 is 0 Å². The highest BCUT2D eigenvalue weighted by molar-refractivity contribution is 6.00. The summed E-state index contributed by atoms with van der Waals surface area (Å²) in [5.74, 6) is -0.167. The Hall–Kier alpha value is -2.83. The maximum absolute atomic E-state index is 13.8. The Labute approximate surface area is 180 Å². The quantitative estimate of drug-likeness (QED) is 0.568. The van der Waals surface area contributed by atoms with Gasteiger partial charge in [0.25, 0.3) is 12.3 Å². The normalized spacial score (nSPS) is 24.8. The van der Waals surface area contributed by atoms with Crippen molar-refractivity contribution in [3.8, 4) is 11.3 Å². The van der Waals surface area contributed by atoms with E-state index in [1.54, 1.807) is 0 Å². The maximum atomic E-state index is 13.8. The molecule has 1 saturated heterocycles. The van der Waals surface area contributed by atoms with Gasteiger partial charge < -0.3 is 4.90 Å². The van der Waals surface area contributed by atoms with E-state index >= 15 is 0 Å². The molecule has 3 aromatic rings. The zero-order valence-corrected chi connectivity index (χ0v) is 18.0. The van der Waals surface area contributed by atoms with Crippen molar-refractivity contribution in [1.29, 1.82) is 0 Å². The summed E-state index contributed by atoms with van der Waals surface area (Å²) in [6.07, 6.45) is 1.65. The number of fused-ring (bicyclic) bond motifs is 3. The van der Waals surface area contributed by atoms with E-state index in [9.17, 15) is 13.6 Å². The zero-order valence-electron chi connectivity index (χ0n) is 18.0. The SMILES string of the molecule is CC1(C)CC2CC(C)(CN2C(=O)c2cnn3c(C(F)F)cc(-c4ccccc4)nc23)C1. The molecule has 2 atom stereocenters. The van der Waals surface area contributed by atoms with Gasteiger partial charge in [-0.3, -0.25) is 4.79 Å². The molecule has 0 N–H and O–H groups in total. The number of hydrogen-bond acceptors (Lipinski definition) is 3. The molecule has 162 valence electrons. The van der Waals surface area contributed by atoms with Crippen LogP contribution in [0, 0.1) is 10.8 Å². The van der Waals surface area contributed by atoms with Crippen molar-refractivity contribution in [1.82, 2.24) is 19.5 Å². The lowest BCUT2D eigenvalue weighted by atomic mass is 9.65. The molecule has 5 rings (SSSR count). The molecule has 2 fully saturated rings. The number of hydrogen-bond donors (Lipinski definition) is 0. The Morgan fingerprint density at radius 2 is 1.90 bits per heavy atom. The number of aromatic nitrogens is 3. The number of alkyl halides is 2. The van der Waals surface area contributed by atoms with Crippen LogP contribution in [-0.2, 0) is 0 Å². The molecule has 1 saturated carbocycles. The first-order valence-corrected chi connectivity index (χ1v) is 10.7. The summed E-state index contributed by atoms with van der Waals surface area (Å²) in [5.41, 5.74) is 1.60. The van der Waals surface area contributed by atoms with Crippen molar-refractivity contribution < 1.29 is 13.6 Å². The van der Waals surface area contributed by atoms with E-state index in [4.69, 9.17) is 0 Å². The third-order valence-corrected chi connectivity index (χ3v) is 6.70. The van der Waals surface area contributed by atoms with E-state index in [1.807, 2.05) is 35.2 Å². The number of carbonyl (C=O) groups is 1. The van der Waals surface area contributed by atoms with Crippen LogP contribution in [0.1, 0.15) is 62.5 Å². The molecule has 2 bridgehead atoms. The highest BCUT2D eigenvalue weighted by Crippen LogP contribution is 2.52. The number of benzene rings is 1. The summed E-state index contributed by atoms with van der Waals surface area (Å²) < 4.78 is 28.8. The van der Waals surface area contributed by atoms with Gasteiger partial charge >= 0.3 is 0 Å². The van der Waals surface area contributed by atoms with Crippen LogP contribution in [0.5, 0.6) is 0 Å². The van der Waals surface area contributed by atoms with Gasteiger partial charge in [0, 0.05) is 18.2 Å². The number of likely N-dealkylation sites (tertiary alicyclic amines) is 1. The summed E-state index contributed by atoms with van der Waals surface area (Å²) in [6.45, 7) is 7.43. The van der Waals surface area contributed by atoms with Gasteiger partial charge in [0.15, 0.2) is 5.65 Å². The van der Waals surface area contributed by atoms with Gasteiger partial charge in [-0.1, -0.05) is 51.1 Å². The monoisotopic (exact) mass is 424 g/mol. The van der Waals surface area contributed by atoms with Gasteiger partial charge in [-0.25, -0.2) is 18.3 Å². The average Bonchev–Trinajstić information content (AvgIpc) is 3.24. The Bertz CT molecular complexity index is 1160. The Kier molecular flexibility index (Phi) is 4.43. The second-order valence-corrected chi connectivity index (χ2v) is 10.2. The highest BCUT2D eigenvalue weighted by atomic mass is 19.3. The predicted octanol–water partition coefficient (Wildman–Crippen LogP) is 5.37. The van der Waals surface area contributed by atoms with E-state index in [-0.39, 0.29) is 39.7 Å². The molecular weight excluding hydrogens is 398 g/mol. The summed E-state index contributed by atoms with van der Waals surface area (Å²) in [5, 5.41) is 4.13. The van der Waals surface area contributed by atoms with Crippen molar-refractivity contribution in [2.24, 2.45) is 10.8 Å². The molecule has 3 heterocycles. The third-order valence-electron chi connectivity index (χ3n) is 6.70. The van der Waals surface area contributed by atoms with Crippen molar-refractivity contribution >= 4 is 11.6 Å². The van der Waals surface area contributed by atoms with Gasteiger partial charge in [-0.05, 0) is 36.2 Å². The summed E-state index contributed by atoms with van der Waals surface area (Å²) in [4.78, 5) is 20.1. The molecule has 0 radical (unpaired) electrons. The fourth-order valence-corrected chi connectivity index (χ4v) is 5.90. The molecule has 2 unspecified atom stereocenters. The molecule has 5 nitrogen and oxygen atoms in total. The first-order valence-electron chi connectivity index (χ1n) is 10.7. The van der Waals surface area contributed by atoms with Crippen molar-refractivity contribution in [2.75, 3.05) is 6.54 Å². The van der Waals surface area contributed by atoms with Crippen LogP contribution in [0.3, 0.4) is 0 Å². The fourth-order valence-electron chi connectivity index (χ4n) is 5.90.